The fraction of sp³-hybridized carbons (Fsp3) is 0.417. The van der Waals surface area contributed by atoms with Crippen LogP contribution in [0.5, 0.6) is 0 Å². The van der Waals surface area contributed by atoms with Gasteiger partial charge in [-0.1, -0.05) is 66.2 Å². The number of amides is 1. The lowest BCUT2D eigenvalue weighted by atomic mass is 9.84. The monoisotopic (exact) mass is 596 g/mol. The molecule has 1 saturated heterocycles. The van der Waals surface area contributed by atoms with Crippen molar-refractivity contribution in [1.29, 1.82) is 0 Å². The zero-order chi connectivity index (χ0) is 29.5. The zero-order valence-electron chi connectivity index (χ0n) is 25.2. The van der Waals surface area contributed by atoms with Gasteiger partial charge in [-0.2, -0.15) is 0 Å². The summed E-state index contributed by atoms with van der Waals surface area (Å²) in [6, 6.07) is 23.7. The third-order valence-corrected chi connectivity index (χ3v) is 10.2. The molecule has 0 saturated carbocycles. The summed E-state index contributed by atoms with van der Waals surface area (Å²) < 4.78 is 5.77. The van der Waals surface area contributed by atoms with Gasteiger partial charge in [-0.05, 0) is 80.6 Å². The molecule has 0 radical (unpaired) electrons. The van der Waals surface area contributed by atoms with Crippen LogP contribution < -0.4 is 4.90 Å². The first-order chi connectivity index (χ1) is 21.0. The molecular formula is C36H41ClN4O2. The lowest BCUT2D eigenvalue weighted by Crippen LogP contribution is -2.44. The first-order valence-electron chi connectivity index (χ1n) is 15.9. The van der Waals surface area contributed by atoms with E-state index < -0.39 is 0 Å². The van der Waals surface area contributed by atoms with Crippen molar-refractivity contribution in [3.63, 3.8) is 0 Å². The number of aromatic amines is 1. The maximum atomic E-state index is 13.3. The number of H-pyrrole nitrogens is 1. The number of ether oxygens (including phenoxy) is 1. The van der Waals surface area contributed by atoms with Crippen LogP contribution >= 0.6 is 11.6 Å². The summed E-state index contributed by atoms with van der Waals surface area (Å²) in [5.41, 5.74) is 8.64. The summed E-state index contributed by atoms with van der Waals surface area (Å²) in [6.07, 6.45) is 3.50. The Bertz CT molecular complexity index is 1620. The molecule has 3 aliphatic rings. The van der Waals surface area contributed by atoms with Crippen molar-refractivity contribution in [3.05, 3.63) is 99.7 Å². The van der Waals surface area contributed by atoms with Crippen molar-refractivity contribution < 1.29 is 9.53 Å². The van der Waals surface area contributed by atoms with E-state index in [1.165, 1.54) is 39.9 Å². The van der Waals surface area contributed by atoms with Crippen LogP contribution in [0.2, 0.25) is 5.02 Å². The average Bonchev–Trinajstić information content (AvgIpc) is 3.57. The van der Waals surface area contributed by atoms with Crippen LogP contribution in [0, 0.1) is 0 Å². The van der Waals surface area contributed by atoms with Gasteiger partial charge in [0, 0.05) is 60.7 Å². The number of para-hydroxylation sites is 1. The Morgan fingerprint density at radius 3 is 2.67 bits per heavy atom. The van der Waals surface area contributed by atoms with Gasteiger partial charge in [0.1, 0.15) is 6.61 Å². The van der Waals surface area contributed by atoms with E-state index in [1.807, 2.05) is 35.2 Å². The molecule has 4 heterocycles. The first kappa shape index (κ1) is 28.3. The lowest BCUT2D eigenvalue weighted by Gasteiger charge is -2.37. The summed E-state index contributed by atoms with van der Waals surface area (Å²) in [7, 11) is 2.24. The molecule has 0 spiro atoms. The largest absolute Gasteiger partial charge is 0.445 e. The highest BCUT2D eigenvalue weighted by atomic mass is 35.5. The molecule has 224 valence electrons. The van der Waals surface area contributed by atoms with Gasteiger partial charge in [-0.25, -0.2) is 4.79 Å². The second kappa shape index (κ2) is 11.9. The van der Waals surface area contributed by atoms with E-state index in [-0.39, 0.29) is 18.6 Å². The topological polar surface area (TPSA) is 51.8 Å². The number of hydrogen-bond acceptors (Lipinski definition) is 4. The molecule has 3 atom stereocenters. The quantitative estimate of drug-likeness (QED) is 0.264. The molecule has 4 aromatic rings. The van der Waals surface area contributed by atoms with E-state index in [9.17, 15) is 4.79 Å². The van der Waals surface area contributed by atoms with Gasteiger partial charge in [0.05, 0.1) is 10.7 Å². The number of rotatable bonds is 4. The Labute approximate surface area is 259 Å². The number of likely N-dealkylation sites (N-methyl/N-ethyl adjacent to an activating group) is 2. The van der Waals surface area contributed by atoms with Gasteiger partial charge >= 0.3 is 6.09 Å². The van der Waals surface area contributed by atoms with Crippen molar-refractivity contribution in [3.8, 4) is 0 Å². The van der Waals surface area contributed by atoms with Gasteiger partial charge in [-0.3, -0.25) is 0 Å². The van der Waals surface area contributed by atoms with Crippen LogP contribution in [0.4, 0.5) is 10.5 Å². The molecule has 3 unspecified atom stereocenters. The lowest BCUT2D eigenvalue weighted by molar-refractivity contribution is 0.0960. The predicted octanol–water partition coefficient (Wildman–Crippen LogP) is 7.56. The molecule has 1 aromatic heterocycles. The van der Waals surface area contributed by atoms with Gasteiger partial charge in [0.2, 0.25) is 0 Å². The van der Waals surface area contributed by atoms with Crippen LogP contribution in [0.1, 0.15) is 66.0 Å². The highest BCUT2D eigenvalue weighted by Gasteiger charge is 2.42. The number of carbonyl (C=O) groups excluding carboxylic acids is 1. The Kier molecular flexibility index (Phi) is 7.83. The number of halogens is 1. The number of likely N-dealkylation sites (tertiary alicyclic amines) is 1. The molecular weight excluding hydrogens is 556 g/mol. The van der Waals surface area contributed by atoms with Crippen molar-refractivity contribution in [2.75, 3.05) is 44.7 Å². The molecule has 1 fully saturated rings. The molecule has 0 aliphatic carbocycles. The van der Waals surface area contributed by atoms with Crippen molar-refractivity contribution in [1.82, 2.24) is 14.8 Å². The predicted molar refractivity (Wildman–Crippen MR) is 174 cm³/mol. The van der Waals surface area contributed by atoms with E-state index in [1.54, 1.807) is 0 Å². The molecule has 43 heavy (non-hydrogen) atoms. The fourth-order valence-corrected chi connectivity index (χ4v) is 8.22. The number of nitrogens with zero attached hydrogens (tertiary/aromatic N) is 3. The molecule has 1 N–H and O–H groups in total. The second-order valence-electron chi connectivity index (χ2n) is 12.5. The SMILES string of the molecule is CCN1c2c(Cl)cc(C3CCCN(C(=O)OCc4ccccc4)CCc4c3[nH]c3ccccc43)cc2C2CN(C)CCC21. The molecule has 3 aromatic carbocycles. The Balaban J connectivity index is 1.23. The number of hydrogen-bond donors (Lipinski definition) is 1. The molecule has 7 rings (SSSR count). The van der Waals surface area contributed by atoms with Crippen LogP contribution in [-0.2, 0) is 17.8 Å². The maximum absolute atomic E-state index is 13.3. The molecule has 6 nitrogen and oxygen atoms in total. The van der Waals surface area contributed by atoms with Crippen molar-refractivity contribution >= 4 is 34.3 Å². The summed E-state index contributed by atoms with van der Waals surface area (Å²) in [6.45, 7) is 7.00. The molecule has 3 aliphatic heterocycles. The van der Waals surface area contributed by atoms with Crippen LogP contribution in [0.15, 0.2) is 66.7 Å². The van der Waals surface area contributed by atoms with Gasteiger partial charge in [0.15, 0.2) is 0 Å². The summed E-state index contributed by atoms with van der Waals surface area (Å²) in [5.74, 6) is 0.639. The Morgan fingerprint density at radius 2 is 1.84 bits per heavy atom. The number of aromatic nitrogens is 1. The number of carbonyl (C=O) groups is 1. The summed E-state index contributed by atoms with van der Waals surface area (Å²) in [5, 5.41) is 2.11. The van der Waals surface area contributed by atoms with E-state index in [4.69, 9.17) is 16.3 Å². The number of nitrogens with one attached hydrogen (secondary N) is 1. The minimum absolute atomic E-state index is 0.168. The maximum Gasteiger partial charge on any atom is 0.410 e. The Hall–Kier alpha value is -3.48. The van der Waals surface area contributed by atoms with Gasteiger partial charge in [-0.15, -0.1) is 0 Å². The van der Waals surface area contributed by atoms with Crippen molar-refractivity contribution in [2.24, 2.45) is 0 Å². The zero-order valence-corrected chi connectivity index (χ0v) is 25.9. The van der Waals surface area contributed by atoms with Crippen LogP contribution in [-0.4, -0.2) is 66.7 Å². The number of piperidine rings is 1. The van der Waals surface area contributed by atoms with E-state index in [2.05, 4.69) is 65.2 Å². The second-order valence-corrected chi connectivity index (χ2v) is 12.9. The average molecular weight is 597 g/mol. The van der Waals surface area contributed by atoms with Crippen LogP contribution in [0.3, 0.4) is 0 Å². The number of benzene rings is 3. The Morgan fingerprint density at radius 1 is 1.02 bits per heavy atom. The number of fused-ring (bicyclic) bond motifs is 6. The van der Waals surface area contributed by atoms with E-state index >= 15 is 0 Å². The smallest absolute Gasteiger partial charge is 0.410 e. The normalized spacial score (nSPS) is 22.3. The molecule has 0 bridgehead atoms. The highest BCUT2D eigenvalue weighted by molar-refractivity contribution is 6.33. The highest BCUT2D eigenvalue weighted by Crippen LogP contribution is 2.50. The minimum Gasteiger partial charge on any atom is -0.445 e. The third kappa shape index (κ3) is 5.29. The fourth-order valence-electron chi connectivity index (χ4n) is 7.87. The summed E-state index contributed by atoms with van der Waals surface area (Å²) >= 11 is 7.20. The molecule has 1 amide bonds. The summed E-state index contributed by atoms with van der Waals surface area (Å²) in [4.78, 5) is 24.0. The van der Waals surface area contributed by atoms with Gasteiger partial charge in [0.25, 0.3) is 0 Å². The standard InChI is InChI=1S/C36H41ClN4O2/c1-3-41-33-16-18-39(2)22-30(33)29-20-25(21-31(37)35(29)41)26-13-9-17-40(36(42)43-23-24-10-5-4-6-11-24)19-15-28-27-12-7-8-14-32(27)38-34(26)28/h4-8,10-12,14,20-21,26,30,33,38H,3,9,13,15-19,22-23H2,1-2H3. The van der Waals surface area contributed by atoms with Crippen molar-refractivity contribution in [2.45, 2.75) is 57.1 Å². The van der Waals surface area contributed by atoms with E-state index in [0.717, 1.165) is 55.0 Å². The third-order valence-electron chi connectivity index (χ3n) is 9.94. The van der Waals surface area contributed by atoms with Crippen LogP contribution in [0.25, 0.3) is 10.9 Å². The first-order valence-corrected chi connectivity index (χ1v) is 16.2. The van der Waals surface area contributed by atoms with E-state index in [0.29, 0.717) is 25.0 Å². The number of anilines is 1. The minimum atomic E-state index is -0.239. The molecule has 7 heteroatoms. The van der Waals surface area contributed by atoms with Gasteiger partial charge < -0.3 is 24.4 Å².